The van der Waals surface area contributed by atoms with Crippen LogP contribution in [0.15, 0.2) is 53.4 Å². The Morgan fingerprint density at radius 2 is 1.83 bits per heavy atom. The van der Waals surface area contributed by atoms with Crippen LogP contribution in [0.5, 0.6) is 5.19 Å². The number of benzene rings is 2. The lowest BCUT2D eigenvalue weighted by atomic mass is 10.1. The molecule has 0 spiro atoms. The molecule has 8 heteroatoms. The Morgan fingerprint density at radius 3 is 2.53 bits per heavy atom. The van der Waals surface area contributed by atoms with Gasteiger partial charge in [0.05, 0.1) is 20.9 Å². The fraction of sp³-hybridized carbons (Fsp3) is 0.364. The molecule has 2 aromatic carbocycles. The molecular formula is C22H24N2O4S2. The Morgan fingerprint density at radius 1 is 1.13 bits per heavy atom. The number of aromatic nitrogens is 1. The van der Waals surface area contributed by atoms with Crippen LogP contribution >= 0.6 is 11.3 Å². The van der Waals surface area contributed by atoms with E-state index in [4.69, 9.17) is 4.74 Å². The standard InChI is InChI=1S/C22H24N2O4S2/c1-16-6-8-18(9-7-16)30(26,27)15-12-21(25)24-13-10-17(11-14-24)28-22-23-19-4-2-3-5-20(19)29-22/h2-9,17H,10-15H2,1H3. The summed E-state index contributed by atoms with van der Waals surface area (Å²) in [7, 11) is -3.45. The molecule has 3 aromatic rings. The van der Waals surface area contributed by atoms with E-state index in [-0.39, 0.29) is 29.1 Å². The van der Waals surface area contributed by atoms with Crippen molar-refractivity contribution in [2.45, 2.75) is 37.2 Å². The lowest BCUT2D eigenvalue weighted by Gasteiger charge is -2.31. The highest BCUT2D eigenvalue weighted by Crippen LogP contribution is 2.29. The van der Waals surface area contributed by atoms with Gasteiger partial charge in [-0.25, -0.2) is 13.4 Å². The molecule has 1 saturated heterocycles. The number of hydrogen-bond acceptors (Lipinski definition) is 6. The number of nitrogens with zero attached hydrogens (tertiary/aromatic N) is 2. The van der Waals surface area contributed by atoms with Crippen molar-refractivity contribution in [3.8, 4) is 5.19 Å². The van der Waals surface area contributed by atoms with E-state index in [0.717, 1.165) is 15.8 Å². The highest BCUT2D eigenvalue weighted by molar-refractivity contribution is 7.91. The molecule has 6 nitrogen and oxygen atoms in total. The summed E-state index contributed by atoms with van der Waals surface area (Å²) in [6.45, 7) is 3.04. The van der Waals surface area contributed by atoms with Crippen LogP contribution in [0, 0.1) is 6.92 Å². The summed E-state index contributed by atoms with van der Waals surface area (Å²) in [5.41, 5.74) is 1.93. The average Bonchev–Trinajstić information content (AvgIpc) is 3.15. The van der Waals surface area contributed by atoms with Crippen LogP contribution in [0.4, 0.5) is 0 Å². The number of fused-ring (bicyclic) bond motifs is 1. The third-order valence-electron chi connectivity index (χ3n) is 5.30. The van der Waals surface area contributed by atoms with Crippen LogP contribution in [0.2, 0.25) is 0 Å². The highest BCUT2D eigenvalue weighted by atomic mass is 32.2. The number of hydrogen-bond donors (Lipinski definition) is 0. The molecule has 2 heterocycles. The highest BCUT2D eigenvalue weighted by Gasteiger charge is 2.26. The van der Waals surface area contributed by atoms with Crippen LogP contribution in [0.25, 0.3) is 10.2 Å². The van der Waals surface area contributed by atoms with Crippen molar-refractivity contribution in [2.24, 2.45) is 0 Å². The zero-order valence-corrected chi connectivity index (χ0v) is 18.4. The van der Waals surface area contributed by atoms with E-state index in [2.05, 4.69) is 4.98 Å². The lowest BCUT2D eigenvalue weighted by molar-refractivity contribution is -0.132. The van der Waals surface area contributed by atoms with Gasteiger partial charge in [-0.3, -0.25) is 4.79 Å². The number of para-hydroxylation sites is 1. The van der Waals surface area contributed by atoms with E-state index in [9.17, 15) is 13.2 Å². The van der Waals surface area contributed by atoms with Crippen molar-refractivity contribution in [2.75, 3.05) is 18.8 Å². The van der Waals surface area contributed by atoms with Crippen molar-refractivity contribution < 1.29 is 17.9 Å². The van der Waals surface area contributed by atoms with Gasteiger partial charge >= 0.3 is 0 Å². The maximum Gasteiger partial charge on any atom is 0.274 e. The van der Waals surface area contributed by atoms with Crippen LogP contribution < -0.4 is 4.74 Å². The Balaban J connectivity index is 1.27. The number of thiazole rings is 1. The molecule has 1 fully saturated rings. The molecule has 30 heavy (non-hydrogen) atoms. The first-order chi connectivity index (χ1) is 14.4. The van der Waals surface area contributed by atoms with Gasteiger partial charge in [0.25, 0.3) is 5.19 Å². The fourth-order valence-electron chi connectivity index (χ4n) is 3.51. The van der Waals surface area contributed by atoms with Crippen LogP contribution in [-0.2, 0) is 14.6 Å². The molecule has 0 radical (unpaired) electrons. The summed E-state index contributed by atoms with van der Waals surface area (Å²) in [6.07, 6.45) is 1.45. The summed E-state index contributed by atoms with van der Waals surface area (Å²) in [5.74, 6) is -0.291. The topological polar surface area (TPSA) is 76.6 Å². The molecule has 1 aromatic heterocycles. The molecule has 1 amide bonds. The number of carbonyl (C=O) groups is 1. The molecule has 0 atom stereocenters. The van der Waals surface area contributed by atoms with Gasteiger partial charge in [-0.2, -0.15) is 0 Å². The second-order valence-corrected chi connectivity index (χ2v) is 10.6. The lowest BCUT2D eigenvalue weighted by Crippen LogP contribution is -2.42. The number of rotatable bonds is 6. The van der Waals surface area contributed by atoms with Gasteiger partial charge in [-0.05, 0) is 31.2 Å². The van der Waals surface area contributed by atoms with Crippen molar-refractivity contribution in [3.05, 3.63) is 54.1 Å². The van der Waals surface area contributed by atoms with Crippen LogP contribution in [-0.4, -0.2) is 49.2 Å². The second kappa shape index (κ2) is 8.73. The summed E-state index contributed by atoms with van der Waals surface area (Å²) >= 11 is 1.53. The Labute approximate surface area is 180 Å². The molecule has 0 aliphatic carbocycles. The summed E-state index contributed by atoms with van der Waals surface area (Å²) in [4.78, 5) is 19.0. The molecule has 4 rings (SSSR count). The van der Waals surface area contributed by atoms with Gasteiger partial charge in [0, 0.05) is 32.4 Å². The maximum atomic E-state index is 12.5. The summed E-state index contributed by atoms with van der Waals surface area (Å²) < 4.78 is 32.0. The minimum atomic E-state index is -3.45. The molecule has 158 valence electrons. The van der Waals surface area contributed by atoms with E-state index < -0.39 is 9.84 Å². The van der Waals surface area contributed by atoms with Crippen molar-refractivity contribution >= 4 is 37.3 Å². The van der Waals surface area contributed by atoms with E-state index in [0.29, 0.717) is 31.1 Å². The van der Waals surface area contributed by atoms with E-state index in [1.54, 1.807) is 29.2 Å². The molecule has 1 aliphatic heterocycles. The van der Waals surface area contributed by atoms with Gasteiger partial charge < -0.3 is 9.64 Å². The largest absolute Gasteiger partial charge is 0.467 e. The fourth-order valence-corrected chi connectivity index (χ4v) is 5.62. The van der Waals surface area contributed by atoms with Crippen LogP contribution in [0.3, 0.4) is 0 Å². The molecular weight excluding hydrogens is 420 g/mol. The van der Waals surface area contributed by atoms with Gasteiger partial charge in [0.1, 0.15) is 6.10 Å². The normalized spacial score (nSPS) is 15.4. The Bertz CT molecular complexity index is 1100. The van der Waals surface area contributed by atoms with E-state index in [1.807, 2.05) is 31.2 Å². The predicted molar refractivity (Wildman–Crippen MR) is 118 cm³/mol. The minimum Gasteiger partial charge on any atom is -0.467 e. The molecule has 0 N–H and O–H groups in total. The van der Waals surface area contributed by atoms with Gasteiger partial charge in [-0.1, -0.05) is 41.2 Å². The first-order valence-corrected chi connectivity index (χ1v) is 12.5. The number of likely N-dealkylation sites (tertiary alicyclic amines) is 1. The summed E-state index contributed by atoms with van der Waals surface area (Å²) in [6, 6.07) is 14.6. The quantitative estimate of drug-likeness (QED) is 0.577. The molecule has 0 bridgehead atoms. The number of sulfone groups is 1. The first-order valence-electron chi connectivity index (χ1n) is 10.0. The Hall–Kier alpha value is -2.45. The van der Waals surface area contributed by atoms with Crippen molar-refractivity contribution in [1.29, 1.82) is 0 Å². The average molecular weight is 445 g/mol. The van der Waals surface area contributed by atoms with Crippen molar-refractivity contribution in [1.82, 2.24) is 9.88 Å². The van der Waals surface area contributed by atoms with E-state index >= 15 is 0 Å². The molecule has 0 unspecified atom stereocenters. The number of carbonyl (C=O) groups excluding carboxylic acids is 1. The minimum absolute atomic E-state index is 0.000394. The molecule has 0 saturated carbocycles. The zero-order chi connectivity index (χ0) is 21.1. The summed E-state index contributed by atoms with van der Waals surface area (Å²) in [5, 5.41) is 0.658. The first kappa shape index (κ1) is 20.8. The monoisotopic (exact) mass is 444 g/mol. The number of ether oxygens (including phenoxy) is 1. The maximum absolute atomic E-state index is 12.5. The van der Waals surface area contributed by atoms with E-state index in [1.165, 1.54) is 11.3 Å². The van der Waals surface area contributed by atoms with Crippen molar-refractivity contribution in [3.63, 3.8) is 0 Å². The smallest absolute Gasteiger partial charge is 0.274 e. The third-order valence-corrected chi connectivity index (χ3v) is 7.96. The van der Waals surface area contributed by atoms with Gasteiger partial charge in [0.15, 0.2) is 9.84 Å². The number of aryl methyl sites for hydroxylation is 1. The second-order valence-electron chi connectivity index (χ2n) is 7.53. The van der Waals surface area contributed by atoms with Gasteiger partial charge in [0.2, 0.25) is 5.91 Å². The van der Waals surface area contributed by atoms with Crippen LogP contribution in [0.1, 0.15) is 24.8 Å². The Kier molecular flexibility index (Phi) is 6.06. The zero-order valence-electron chi connectivity index (χ0n) is 16.8. The number of amides is 1. The van der Waals surface area contributed by atoms with Gasteiger partial charge in [-0.15, -0.1) is 0 Å². The number of piperidine rings is 1. The SMILES string of the molecule is Cc1ccc(S(=O)(=O)CCC(=O)N2CCC(Oc3nc4ccccc4s3)CC2)cc1. The third kappa shape index (κ3) is 4.82. The predicted octanol–water partition coefficient (Wildman–Crippen LogP) is 3.84. The molecule has 1 aliphatic rings.